The molecule has 1 fully saturated rings. The van der Waals surface area contributed by atoms with Gasteiger partial charge in [-0.2, -0.15) is 0 Å². The molecule has 0 radical (unpaired) electrons. The standard InChI is InChI=1S/C28H26ClN5O2S/c1-18-8-10-19(11-9-18)33-15-5-7-24(33)27-26(23-6-3-4-14-30-23)32-28(37)34(27)20-12-13-22(21(29)16-20)31-25(35)17-36-2/h3-16,26-27H,17H2,1-2H3,(H,31,35)(H,32,37)/t26-,27-/m1/s1. The summed E-state index contributed by atoms with van der Waals surface area (Å²) in [6.07, 6.45) is 3.84. The van der Waals surface area contributed by atoms with Gasteiger partial charge in [0.15, 0.2) is 5.11 Å². The molecule has 5 rings (SSSR count). The second kappa shape index (κ2) is 10.7. The van der Waals surface area contributed by atoms with E-state index in [4.69, 9.17) is 28.6 Å². The van der Waals surface area contributed by atoms with E-state index >= 15 is 0 Å². The lowest BCUT2D eigenvalue weighted by molar-refractivity contribution is -0.119. The summed E-state index contributed by atoms with van der Waals surface area (Å²) < 4.78 is 7.07. The topological polar surface area (TPSA) is 71.4 Å². The highest BCUT2D eigenvalue weighted by molar-refractivity contribution is 7.80. The molecule has 3 heterocycles. The summed E-state index contributed by atoms with van der Waals surface area (Å²) in [5, 5.41) is 7.21. The van der Waals surface area contributed by atoms with Crippen LogP contribution in [0, 0.1) is 6.92 Å². The van der Waals surface area contributed by atoms with Crippen LogP contribution in [0.25, 0.3) is 5.69 Å². The fourth-order valence-electron chi connectivity index (χ4n) is 4.58. The SMILES string of the molecule is COCC(=O)Nc1ccc(N2C(=S)N[C@H](c3ccccn3)[C@H]2c2cccn2-c2ccc(C)cc2)cc1Cl. The van der Waals surface area contributed by atoms with E-state index in [9.17, 15) is 4.79 Å². The van der Waals surface area contributed by atoms with E-state index in [2.05, 4.69) is 68.5 Å². The number of aromatic nitrogens is 2. The molecule has 37 heavy (non-hydrogen) atoms. The van der Waals surface area contributed by atoms with E-state index in [1.807, 2.05) is 36.4 Å². The zero-order valence-electron chi connectivity index (χ0n) is 20.4. The van der Waals surface area contributed by atoms with Crippen molar-refractivity contribution in [3.8, 4) is 5.69 Å². The van der Waals surface area contributed by atoms with Gasteiger partial charge in [-0.1, -0.05) is 35.4 Å². The first-order valence-corrected chi connectivity index (χ1v) is 12.6. The number of carbonyl (C=O) groups is 1. The molecule has 1 amide bonds. The van der Waals surface area contributed by atoms with Crippen molar-refractivity contribution in [3.05, 3.63) is 107 Å². The van der Waals surface area contributed by atoms with Crippen molar-refractivity contribution in [2.24, 2.45) is 0 Å². The Morgan fingerprint density at radius 2 is 1.89 bits per heavy atom. The highest BCUT2D eigenvalue weighted by atomic mass is 35.5. The van der Waals surface area contributed by atoms with Crippen LogP contribution < -0.4 is 15.5 Å². The Labute approximate surface area is 226 Å². The Morgan fingerprint density at radius 1 is 1.11 bits per heavy atom. The molecule has 188 valence electrons. The van der Waals surface area contributed by atoms with Crippen molar-refractivity contribution in [1.29, 1.82) is 0 Å². The van der Waals surface area contributed by atoms with Gasteiger partial charge < -0.3 is 24.8 Å². The van der Waals surface area contributed by atoms with Gasteiger partial charge in [-0.25, -0.2) is 0 Å². The third-order valence-corrected chi connectivity index (χ3v) is 6.90. The van der Waals surface area contributed by atoms with Gasteiger partial charge in [-0.15, -0.1) is 0 Å². The number of ether oxygens (including phenoxy) is 1. The van der Waals surface area contributed by atoms with Crippen LogP contribution in [0.15, 0.2) is 85.2 Å². The molecule has 2 atom stereocenters. The maximum Gasteiger partial charge on any atom is 0.250 e. The maximum absolute atomic E-state index is 12.0. The third kappa shape index (κ3) is 5.09. The first-order valence-electron chi connectivity index (χ1n) is 11.8. The first kappa shape index (κ1) is 25.0. The maximum atomic E-state index is 12.0. The van der Waals surface area contributed by atoms with Crippen molar-refractivity contribution in [3.63, 3.8) is 0 Å². The van der Waals surface area contributed by atoms with Gasteiger partial charge in [-0.3, -0.25) is 9.78 Å². The molecule has 0 aliphatic carbocycles. The molecule has 4 aromatic rings. The van der Waals surface area contributed by atoms with E-state index in [-0.39, 0.29) is 24.6 Å². The van der Waals surface area contributed by atoms with Crippen LogP contribution in [-0.2, 0) is 9.53 Å². The highest BCUT2D eigenvalue weighted by Gasteiger charge is 2.42. The minimum atomic E-state index is -0.278. The van der Waals surface area contributed by atoms with Crippen LogP contribution in [0.5, 0.6) is 0 Å². The number of amides is 1. The number of hydrogen-bond acceptors (Lipinski definition) is 4. The molecule has 2 aromatic heterocycles. The number of carbonyl (C=O) groups excluding carboxylic acids is 1. The number of pyridine rings is 1. The predicted molar refractivity (Wildman–Crippen MR) is 150 cm³/mol. The molecule has 0 saturated carbocycles. The molecular weight excluding hydrogens is 506 g/mol. The van der Waals surface area contributed by atoms with Crippen LogP contribution in [0.1, 0.15) is 29.0 Å². The second-order valence-electron chi connectivity index (χ2n) is 8.78. The number of hydrogen-bond donors (Lipinski definition) is 2. The number of methoxy groups -OCH3 is 1. The predicted octanol–water partition coefficient (Wildman–Crippen LogP) is 5.60. The molecule has 0 unspecified atom stereocenters. The smallest absolute Gasteiger partial charge is 0.250 e. The Kier molecular flexibility index (Phi) is 7.23. The molecule has 1 aliphatic rings. The fraction of sp³-hybridized carbons (Fsp3) is 0.179. The number of nitrogens with one attached hydrogen (secondary N) is 2. The number of anilines is 2. The third-order valence-electron chi connectivity index (χ3n) is 6.27. The Bertz CT molecular complexity index is 1420. The fourth-order valence-corrected chi connectivity index (χ4v) is 5.15. The number of thiocarbonyl (C=S) groups is 1. The van der Waals surface area contributed by atoms with E-state index in [1.165, 1.54) is 12.7 Å². The van der Waals surface area contributed by atoms with E-state index < -0.39 is 0 Å². The van der Waals surface area contributed by atoms with Gasteiger partial charge in [0, 0.05) is 36.6 Å². The molecule has 1 aliphatic heterocycles. The molecule has 9 heteroatoms. The average Bonchev–Trinajstić information content (AvgIpc) is 3.51. The molecule has 2 N–H and O–H groups in total. The lowest BCUT2D eigenvalue weighted by Gasteiger charge is -2.29. The van der Waals surface area contributed by atoms with Crippen LogP contribution in [0.3, 0.4) is 0 Å². The largest absolute Gasteiger partial charge is 0.375 e. The molecule has 7 nitrogen and oxygen atoms in total. The molecule has 0 bridgehead atoms. The zero-order valence-corrected chi connectivity index (χ0v) is 22.0. The summed E-state index contributed by atoms with van der Waals surface area (Å²) >= 11 is 12.5. The van der Waals surface area contributed by atoms with E-state index in [1.54, 1.807) is 12.3 Å². The Hall–Kier alpha value is -3.72. The number of halogens is 1. The monoisotopic (exact) mass is 531 g/mol. The highest BCUT2D eigenvalue weighted by Crippen LogP contribution is 2.43. The summed E-state index contributed by atoms with van der Waals surface area (Å²) in [5.74, 6) is -0.278. The van der Waals surface area contributed by atoms with Crippen molar-refractivity contribution < 1.29 is 9.53 Å². The second-order valence-corrected chi connectivity index (χ2v) is 9.57. The van der Waals surface area contributed by atoms with Crippen molar-refractivity contribution in [1.82, 2.24) is 14.9 Å². The average molecular weight is 532 g/mol. The van der Waals surface area contributed by atoms with Gasteiger partial charge in [0.1, 0.15) is 12.6 Å². The first-order chi connectivity index (χ1) is 18.0. The number of nitrogens with zero attached hydrogens (tertiary/aromatic N) is 3. The van der Waals surface area contributed by atoms with Crippen LogP contribution in [0.2, 0.25) is 5.02 Å². The quantitative estimate of drug-likeness (QED) is 0.303. The summed E-state index contributed by atoms with van der Waals surface area (Å²) in [5.41, 5.74) is 5.47. The molecule has 2 aromatic carbocycles. The Balaban J connectivity index is 1.58. The van der Waals surface area contributed by atoms with Crippen molar-refractivity contribution >= 4 is 46.2 Å². The Morgan fingerprint density at radius 3 is 2.59 bits per heavy atom. The molecular formula is C28H26ClN5O2S. The lowest BCUT2D eigenvalue weighted by Crippen LogP contribution is -2.30. The lowest BCUT2D eigenvalue weighted by atomic mass is 10.0. The van der Waals surface area contributed by atoms with Gasteiger partial charge in [0.25, 0.3) is 0 Å². The minimum absolute atomic E-state index is 0.0535. The van der Waals surface area contributed by atoms with Gasteiger partial charge in [-0.05, 0) is 73.7 Å². The summed E-state index contributed by atoms with van der Waals surface area (Å²) in [6.45, 7) is 2.02. The normalized spacial score (nSPS) is 17.1. The number of benzene rings is 2. The van der Waals surface area contributed by atoms with Gasteiger partial charge >= 0.3 is 0 Å². The minimum Gasteiger partial charge on any atom is -0.375 e. The van der Waals surface area contributed by atoms with Crippen LogP contribution in [0.4, 0.5) is 11.4 Å². The zero-order chi connectivity index (χ0) is 25.9. The molecule has 1 saturated heterocycles. The van der Waals surface area contributed by atoms with Crippen molar-refractivity contribution in [2.75, 3.05) is 23.9 Å². The van der Waals surface area contributed by atoms with E-state index in [0.29, 0.717) is 15.8 Å². The molecule has 0 spiro atoms. The summed E-state index contributed by atoms with van der Waals surface area (Å²) in [6, 6.07) is 23.5. The number of aryl methyl sites for hydroxylation is 1. The van der Waals surface area contributed by atoms with Crippen LogP contribution >= 0.6 is 23.8 Å². The van der Waals surface area contributed by atoms with Crippen LogP contribution in [-0.4, -0.2) is 34.3 Å². The summed E-state index contributed by atoms with van der Waals surface area (Å²) in [7, 11) is 1.47. The summed E-state index contributed by atoms with van der Waals surface area (Å²) in [4.78, 5) is 18.7. The van der Waals surface area contributed by atoms with E-state index in [0.717, 1.165) is 22.8 Å². The van der Waals surface area contributed by atoms with Crippen molar-refractivity contribution in [2.45, 2.75) is 19.0 Å². The number of rotatable bonds is 7. The van der Waals surface area contributed by atoms with Gasteiger partial charge in [0.05, 0.1) is 22.4 Å². The van der Waals surface area contributed by atoms with Gasteiger partial charge in [0.2, 0.25) is 5.91 Å².